The van der Waals surface area contributed by atoms with Crippen molar-refractivity contribution in [3.05, 3.63) is 54.1 Å². The average molecular weight is 358 g/mol. The van der Waals surface area contributed by atoms with E-state index in [2.05, 4.69) is 28.1 Å². The number of nitrogens with one attached hydrogen (secondary N) is 2. The summed E-state index contributed by atoms with van der Waals surface area (Å²) in [4.78, 5) is 11.9. The number of benzene rings is 2. The van der Waals surface area contributed by atoms with Gasteiger partial charge in [0.05, 0.1) is 13.3 Å². The quantitative estimate of drug-likeness (QED) is 0.397. The molecule has 0 fully saturated rings. The Balaban J connectivity index is 1.96. The van der Waals surface area contributed by atoms with Gasteiger partial charge in [0, 0.05) is 5.69 Å². The van der Waals surface area contributed by atoms with Gasteiger partial charge in [0.1, 0.15) is 0 Å². The molecule has 0 saturated heterocycles. The van der Waals surface area contributed by atoms with Crippen molar-refractivity contribution in [2.75, 3.05) is 19.0 Å². The molecule has 2 rings (SSSR count). The molecule has 0 bridgehead atoms. The SMILES string of the molecule is COc1cc(C=NNC(N)=S)ccc1OCC(=O)Nc1ccccc1. The Morgan fingerprint density at radius 2 is 2.00 bits per heavy atom. The number of anilines is 1. The normalized spacial score (nSPS) is 10.3. The van der Waals surface area contributed by atoms with E-state index >= 15 is 0 Å². The first-order valence-corrected chi connectivity index (χ1v) is 7.73. The molecule has 0 heterocycles. The molecule has 0 radical (unpaired) electrons. The van der Waals surface area contributed by atoms with Gasteiger partial charge in [-0.25, -0.2) is 0 Å². The second-order valence-electron chi connectivity index (χ2n) is 4.85. The number of carbonyl (C=O) groups is 1. The highest BCUT2D eigenvalue weighted by atomic mass is 32.1. The number of nitrogens with zero attached hydrogens (tertiary/aromatic N) is 1. The summed E-state index contributed by atoms with van der Waals surface area (Å²) >= 11 is 4.66. The van der Waals surface area contributed by atoms with Crippen molar-refractivity contribution in [3.8, 4) is 11.5 Å². The molecule has 0 aliphatic rings. The lowest BCUT2D eigenvalue weighted by molar-refractivity contribution is -0.118. The molecule has 0 aromatic heterocycles. The monoisotopic (exact) mass is 358 g/mol. The van der Waals surface area contributed by atoms with Crippen LogP contribution in [0.25, 0.3) is 0 Å². The van der Waals surface area contributed by atoms with Gasteiger partial charge in [-0.1, -0.05) is 18.2 Å². The first-order valence-electron chi connectivity index (χ1n) is 7.32. The number of hydrogen-bond donors (Lipinski definition) is 3. The van der Waals surface area contributed by atoms with E-state index in [0.29, 0.717) is 17.2 Å². The maximum absolute atomic E-state index is 11.9. The largest absolute Gasteiger partial charge is 0.493 e. The van der Waals surface area contributed by atoms with Gasteiger partial charge in [0.25, 0.3) is 5.91 Å². The summed E-state index contributed by atoms with van der Waals surface area (Å²) in [6, 6.07) is 14.3. The van der Waals surface area contributed by atoms with Gasteiger partial charge in [-0.15, -0.1) is 0 Å². The van der Waals surface area contributed by atoms with Crippen molar-refractivity contribution in [3.63, 3.8) is 0 Å². The molecular weight excluding hydrogens is 340 g/mol. The zero-order valence-electron chi connectivity index (χ0n) is 13.6. The van der Waals surface area contributed by atoms with Crippen LogP contribution in [0.2, 0.25) is 0 Å². The Kier molecular flexibility index (Phi) is 6.73. The maximum Gasteiger partial charge on any atom is 0.262 e. The standard InChI is InChI=1S/C17H18N4O3S/c1-23-15-9-12(10-19-21-17(18)25)7-8-14(15)24-11-16(22)20-13-5-3-2-4-6-13/h2-10H,11H2,1H3,(H,20,22)(H3,18,21,25). The molecule has 0 atom stereocenters. The molecule has 1 amide bonds. The number of hydrazone groups is 1. The van der Waals surface area contributed by atoms with Gasteiger partial charge in [0.15, 0.2) is 23.2 Å². The first-order chi connectivity index (χ1) is 12.1. The van der Waals surface area contributed by atoms with E-state index in [1.54, 1.807) is 30.3 Å². The summed E-state index contributed by atoms with van der Waals surface area (Å²) in [7, 11) is 1.51. The van der Waals surface area contributed by atoms with Crippen molar-refractivity contribution in [2.24, 2.45) is 10.8 Å². The van der Waals surface area contributed by atoms with Crippen LogP contribution in [0.5, 0.6) is 11.5 Å². The van der Waals surface area contributed by atoms with E-state index in [1.807, 2.05) is 18.2 Å². The van der Waals surface area contributed by atoms with Gasteiger partial charge in [-0.05, 0) is 48.1 Å². The van der Waals surface area contributed by atoms with Crippen molar-refractivity contribution in [1.82, 2.24) is 5.43 Å². The maximum atomic E-state index is 11.9. The fourth-order valence-corrected chi connectivity index (χ4v) is 1.97. The minimum atomic E-state index is -0.264. The number of nitrogens with two attached hydrogens (primary N) is 1. The van der Waals surface area contributed by atoms with Crippen LogP contribution >= 0.6 is 12.2 Å². The molecule has 8 heteroatoms. The molecule has 2 aromatic rings. The number of rotatable bonds is 7. The topological polar surface area (TPSA) is 98.0 Å². The van der Waals surface area contributed by atoms with Crippen molar-refractivity contribution < 1.29 is 14.3 Å². The van der Waals surface area contributed by atoms with Gasteiger partial charge >= 0.3 is 0 Å². The zero-order chi connectivity index (χ0) is 18.1. The van der Waals surface area contributed by atoms with Gasteiger partial charge in [-0.2, -0.15) is 5.10 Å². The molecule has 25 heavy (non-hydrogen) atoms. The lowest BCUT2D eigenvalue weighted by Crippen LogP contribution is -2.24. The lowest BCUT2D eigenvalue weighted by atomic mass is 10.2. The highest BCUT2D eigenvalue weighted by Gasteiger charge is 2.08. The Labute approximate surface area is 150 Å². The third kappa shape index (κ3) is 6.11. The number of carbonyl (C=O) groups excluding carboxylic acids is 1. The molecule has 0 unspecified atom stereocenters. The van der Waals surface area contributed by atoms with Crippen molar-refractivity contribution in [2.45, 2.75) is 0 Å². The Hall–Kier alpha value is -3.13. The van der Waals surface area contributed by atoms with Gasteiger partial charge in [-0.3, -0.25) is 10.2 Å². The number of amides is 1. The average Bonchev–Trinajstić information content (AvgIpc) is 2.61. The predicted octanol–water partition coefficient (Wildman–Crippen LogP) is 1.88. The molecule has 7 nitrogen and oxygen atoms in total. The smallest absolute Gasteiger partial charge is 0.262 e. The van der Waals surface area contributed by atoms with E-state index in [4.69, 9.17) is 15.2 Å². The summed E-state index contributed by atoms with van der Waals surface area (Å²) in [5.41, 5.74) is 9.21. The molecule has 0 spiro atoms. The molecule has 0 aliphatic heterocycles. The number of para-hydroxylation sites is 1. The van der Waals surface area contributed by atoms with Crippen molar-refractivity contribution in [1.29, 1.82) is 0 Å². The van der Waals surface area contributed by atoms with E-state index in [-0.39, 0.29) is 17.6 Å². The molecule has 4 N–H and O–H groups in total. The predicted molar refractivity (Wildman–Crippen MR) is 101 cm³/mol. The second kappa shape index (κ2) is 9.24. The Morgan fingerprint density at radius 3 is 2.68 bits per heavy atom. The molecule has 0 saturated carbocycles. The summed E-state index contributed by atoms with van der Waals surface area (Å²) in [6.45, 7) is -0.137. The zero-order valence-corrected chi connectivity index (χ0v) is 14.4. The minimum absolute atomic E-state index is 0.0765. The van der Waals surface area contributed by atoms with E-state index < -0.39 is 0 Å². The number of thiocarbonyl (C=S) groups is 1. The third-order valence-electron chi connectivity index (χ3n) is 2.99. The van der Waals surface area contributed by atoms with Crippen LogP contribution in [0.15, 0.2) is 53.6 Å². The molecular formula is C17H18N4O3S. The van der Waals surface area contributed by atoms with E-state index in [0.717, 1.165) is 5.56 Å². The molecule has 0 aliphatic carbocycles. The van der Waals surface area contributed by atoms with E-state index in [1.165, 1.54) is 13.3 Å². The summed E-state index contributed by atoms with van der Waals surface area (Å²) in [6.07, 6.45) is 1.54. The highest BCUT2D eigenvalue weighted by molar-refractivity contribution is 7.80. The highest BCUT2D eigenvalue weighted by Crippen LogP contribution is 2.27. The number of hydrogen-bond acceptors (Lipinski definition) is 5. The number of methoxy groups -OCH3 is 1. The minimum Gasteiger partial charge on any atom is -0.493 e. The Bertz CT molecular complexity index is 766. The summed E-state index contributed by atoms with van der Waals surface area (Å²) in [5.74, 6) is 0.663. The van der Waals surface area contributed by atoms with Crippen LogP contribution in [-0.2, 0) is 4.79 Å². The lowest BCUT2D eigenvalue weighted by Gasteiger charge is -2.11. The Morgan fingerprint density at radius 1 is 1.24 bits per heavy atom. The molecule has 130 valence electrons. The van der Waals surface area contributed by atoms with Crippen molar-refractivity contribution >= 4 is 35.1 Å². The fraction of sp³-hybridized carbons (Fsp3) is 0.118. The summed E-state index contributed by atoms with van der Waals surface area (Å²) in [5, 5.41) is 6.68. The fourth-order valence-electron chi connectivity index (χ4n) is 1.92. The van der Waals surface area contributed by atoms with Gasteiger partial charge < -0.3 is 20.5 Å². The van der Waals surface area contributed by atoms with Crippen LogP contribution in [0.4, 0.5) is 5.69 Å². The number of ether oxygens (including phenoxy) is 2. The second-order valence-corrected chi connectivity index (χ2v) is 5.29. The van der Waals surface area contributed by atoms with E-state index in [9.17, 15) is 4.79 Å². The van der Waals surface area contributed by atoms with Crippen LogP contribution in [0.3, 0.4) is 0 Å². The van der Waals surface area contributed by atoms with Crippen LogP contribution in [-0.4, -0.2) is 31.0 Å². The first kappa shape index (κ1) is 18.2. The molecule has 2 aromatic carbocycles. The summed E-state index contributed by atoms with van der Waals surface area (Å²) < 4.78 is 10.8. The van der Waals surface area contributed by atoms with Gasteiger partial charge in [0.2, 0.25) is 0 Å². The van der Waals surface area contributed by atoms with Crippen LogP contribution in [0.1, 0.15) is 5.56 Å². The van der Waals surface area contributed by atoms with Crippen LogP contribution < -0.4 is 25.9 Å². The van der Waals surface area contributed by atoms with Crippen LogP contribution in [0, 0.1) is 0 Å². The third-order valence-corrected chi connectivity index (χ3v) is 3.08.